The van der Waals surface area contributed by atoms with Crippen molar-refractivity contribution in [2.45, 2.75) is 25.4 Å². The van der Waals surface area contributed by atoms with E-state index in [9.17, 15) is 15.2 Å². The molecule has 6 nitrogen and oxygen atoms in total. The summed E-state index contributed by atoms with van der Waals surface area (Å²) >= 11 is 0. The van der Waals surface area contributed by atoms with Gasteiger partial charge in [0.1, 0.15) is 5.69 Å². The highest BCUT2D eigenvalue weighted by atomic mass is 16.6. The highest BCUT2D eigenvalue weighted by molar-refractivity contribution is 5.64. The van der Waals surface area contributed by atoms with Crippen molar-refractivity contribution in [1.29, 1.82) is 0 Å². The number of para-hydroxylation sites is 2. The number of phenols is 1. The zero-order valence-corrected chi connectivity index (χ0v) is 12.8. The van der Waals surface area contributed by atoms with E-state index in [1.807, 2.05) is 12.1 Å². The molecule has 2 aromatic rings. The van der Waals surface area contributed by atoms with E-state index in [1.54, 1.807) is 24.3 Å². The van der Waals surface area contributed by atoms with Gasteiger partial charge in [0.05, 0.1) is 12.0 Å². The fraction of sp³-hybridized carbons (Fsp3) is 0.294. The lowest BCUT2D eigenvalue weighted by atomic mass is 10.1. The molecule has 1 saturated carbocycles. The molecule has 1 N–H and O–H groups in total. The van der Waals surface area contributed by atoms with Crippen molar-refractivity contribution >= 4 is 11.4 Å². The quantitative estimate of drug-likeness (QED) is 0.652. The van der Waals surface area contributed by atoms with Crippen molar-refractivity contribution in [3.63, 3.8) is 0 Å². The first-order chi connectivity index (χ1) is 11.1. The number of ether oxygens (including phenoxy) is 1. The molecule has 3 rings (SSSR count). The first kappa shape index (κ1) is 15.1. The molecular weight excluding hydrogens is 296 g/mol. The van der Waals surface area contributed by atoms with Gasteiger partial charge in [0.25, 0.3) is 5.69 Å². The monoisotopic (exact) mass is 314 g/mol. The summed E-state index contributed by atoms with van der Waals surface area (Å²) in [6.45, 7) is 0.534. The van der Waals surface area contributed by atoms with Crippen LogP contribution in [-0.4, -0.2) is 23.2 Å². The number of anilines is 1. The molecule has 0 saturated heterocycles. The molecule has 0 radical (unpaired) electrons. The van der Waals surface area contributed by atoms with Gasteiger partial charge in [-0.05, 0) is 36.6 Å². The number of nitro benzene ring substituents is 1. The lowest BCUT2D eigenvalue weighted by molar-refractivity contribution is -0.384. The Bertz CT molecular complexity index is 728. The third-order valence-electron chi connectivity index (χ3n) is 3.97. The van der Waals surface area contributed by atoms with Gasteiger partial charge >= 0.3 is 0 Å². The molecule has 1 fully saturated rings. The number of benzene rings is 2. The molecule has 0 heterocycles. The second kappa shape index (κ2) is 6.16. The average Bonchev–Trinajstić information content (AvgIpc) is 3.38. The number of hydrogen-bond donors (Lipinski definition) is 1. The second-order valence-electron chi connectivity index (χ2n) is 5.61. The van der Waals surface area contributed by atoms with Crippen LogP contribution < -0.4 is 9.64 Å². The van der Waals surface area contributed by atoms with E-state index in [2.05, 4.69) is 4.90 Å². The number of methoxy groups -OCH3 is 1. The summed E-state index contributed by atoms with van der Waals surface area (Å²) in [6, 6.07) is 12.3. The van der Waals surface area contributed by atoms with Crippen molar-refractivity contribution in [3.8, 4) is 11.5 Å². The van der Waals surface area contributed by atoms with E-state index in [0.29, 0.717) is 24.0 Å². The van der Waals surface area contributed by atoms with Crippen LogP contribution in [0.1, 0.15) is 18.4 Å². The van der Waals surface area contributed by atoms with E-state index in [0.717, 1.165) is 18.4 Å². The molecule has 0 unspecified atom stereocenters. The van der Waals surface area contributed by atoms with Crippen LogP contribution in [0, 0.1) is 10.1 Å². The fourth-order valence-corrected chi connectivity index (χ4v) is 2.68. The number of nitro groups is 1. The minimum absolute atomic E-state index is 0.0833. The fourth-order valence-electron chi connectivity index (χ4n) is 2.68. The zero-order chi connectivity index (χ0) is 16.4. The summed E-state index contributed by atoms with van der Waals surface area (Å²) in [6.07, 6.45) is 2.06. The van der Waals surface area contributed by atoms with Crippen LogP contribution in [0.15, 0.2) is 42.5 Å². The summed E-state index contributed by atoms with van der Waals surface area (Å²) in [7, 11) is 1.50. The highest BCUT2D eigenvalue weighted by Crippen LogP contribution is 2.38. The van der Waals surface area contributed by atoms with Crippen LogP contribution in [0.3, 0.4) is 0 Å². The van der Waals surface area contributed by atoms with Gasteiger partial charge in [0.15, 0.2) is 11.5 Å². The standard InChI is InChI=1S/C17H18N2O4/c1-23-17-10-12(6-9-16(17)20)11-18(13-7-8-13)14-4-2-3-5-15(14)19(21)22/h2-6,9-10,13,20H,7-8,11H2,1H3. The maximum absolute atomic E-state index is 11.3. The molecule has 120 valence electrons. The maximum Gasteiger partial charge on any atom is 0.292 e. The Morgan fingerprint density at radius 2 is 2.04 bits per heavy atom. The van der Waals surface area contributed by atoms with Crippen LogP contribution in [0.5, 0.6) is 11.5 Å². The first-order valence-corrected chi connectivity index (χ1v) is 7.46. The minimum atomic E-state index is -0.345. The molecule has 0 bridgehead atoms. The Morgan fingerprint density at radius 3 is 2.70 bits per heavy atom. The SMILES string of the molecule is COc1cc(CN(c2ccccc2[N+](=O)[O-])C2CC2)ccc1O. The summed E-state index contributed by atoms with van der Waals surface area (Å²) in [4.78, 5) is 13.0. The largest absolute Gasteiger partial charge is 0.504 e. The van der Waals surface area contributed by atoms with Gasteiger partial charge in [-0.2, -0.15) is 0 Å². The molecule has 0 aliphatic heterocycles. The van der Waals surface area contributed by atoms with Gasteiger partial charge < -0.3 is 14.7 Å². The van der Waals surface area contributed by atoms with E-state index < -0.39 is 0 Å². The molecule has 0 amide bonds. The Balaban J connectivity index is 1.93. The van der Waals surface area contributed by atoms with Gasteiger partial charge in [-0.1, -0.05) is 18.2 Å². The predicted molar refractivity (Wildman–Crippen MR) is 87.0 cm³/mol. The zero-order valence-electron chi connectivity index (χ0n) is 12.8. The molecular formula is C17H18N2O4. The first-order valence-electron chi connectivity index (χ1n) is 7.46. The molecule has 1 aliphatic carbocycles. The van der Waals surface area contributed by atoms with Crippen molar-refractivity contribution in [3.05, 3.63) is 58.1 Å². The van der Waals surface area contributed by atoms with E-state index in [4.69, 9.17) is 4.74 Å². The smallest absolute Gasteiger partial charge is 0.292 e. The van der Waals surface area contributed by atoms with Gasteiger partial charge in [-0.25, -0.2) is 0 Å². The average molecular weight is 314 g/mol. The Kier molecular flexibility index (Phi) is 4.06. The number of rotatable bonds is 6. The second-order valence-corrected chi connectivity index (χ2v) is 5.61. The van der Waals surface area contributed by atoms with Gasteiger partial charge in [-0.15, -0.1) is 0 Å². The van der Waals surface area contributed by atoms with E-state index in [-0.39, 0.29) is 16.4 Å². The normalized spacial score (nSPS) is 13.6. The van der Waals surface area contributed by atoms with E-state index >= 15 is 0 Å². The van der Waals surface area contributed by atoms with E-state index in [1.165, 1.54) is 13.2 Å². The van der Waals surface area contributed by atoms with Gasteiger partial charge in [-0.3, -0.25) is 10.1 Å². The third kappa shape index (κ3) is 3.21. The van der Waals surface area contributed by atoms with Crippen molar-refractivity contribution < 1.29 is 14.8 Å². The topological polar surface area (TPSA) is 75.8 Å². The molecule has 0 aromatic heterocycles. The number of hydrogen-bond acceptors (Lipinski definition) is 5. The van der Waals surface area contributed by atoms with Gasteiger partial charge in [0, 0.05) is 18.7 Å². The lowest BCUT2D eigenvalue weighted by Crippen LogP contribution is -2.25. The molecule has 0 atom stereocenters. The number of phenolic OH excluding ortho intramolecular Hbond substituents is 1. The minimum Gasteiger partial charge on any atom is -0.504 e. The Hall–Kier alpha value is -2.76. The predicted octanol–water partition coefficient (Wildman–Crippen LogP) is 3.48. The van der Waals surface area contributed by atoms with Crippen molar-refractivity contribution in [2.75, 3.05) is 12.0 Å². The number of aromatic hydroxyl groups is 1. The summed E-state index contributed by atoms with van der Waals surface area (Å²) in [5.41, 5.74) is 1.68. The third-order valence-corrected chi connectivity index (χ3v) is 3.97. The van der Waals surface area contributed by atoms with Crippen LogP contribution in [0.25, 0.3) is 0 Å². The van der Waals surface area contributed by atoms with Crippen LogP contribution in [-0.2, 0) is 6.54 Å². The highest BCUT2D eigenvalue weighted by Gasteiger charge is 2.32. The number of nitrogens with zero attached hydrogens (tertiary/aromatic N) is 2. The van der Waals surface area contributed by atoms with Crippen LogP contribution in [0.2, 0.25) is 0 Å². The Labute approximate surface area is 134 Å². The van der Waals surface area contributed by atoms with Gasteiger partial charge in [0.2, 0.25) is 0 Å². The van der Waals surface area contributed by atoms with Crippen LogP contribution >= 0.6 is 0 Å². The summed E-state index contributed by atoms with van der Waals surface area (Å²) in [5.74, 6) is 0.487. The summed E-state index contributed by atoms with van der Waals surface area (Å²) in [5, 5.41) is 21.0. The lowest BCUT2D eigenvalue weighted by Gasteiger charge is -2.24. The van der Waals surface area contributed by atoms with Crippen LogP contribution in [0.4, 0.5) is 11.4 Å². The summed E-state index contributed by atoms with van der Waals surface area (Å²) < 4.78 is 5.13. The van der Waals surface area contributed by atoms with Crippen molar-refractivity contribution in [2.24, 2.45) is 0 Å². The molecule has 6 heteroatoms. The van der Waals surface area contributed by atoms with Crippen molar-refractivity contribution in [1.82, 2.24) is 0 Å². The molecule has 0 spiro atoms. The Morgan fingerprint density at radius 1 is 1.30 bits per heavy atom. The molecule has 23 heavy (non-hydrogen) atoms. The molecule has 1 aliphatic rings. The molecule has 2 aromatic carbocycles. The maximum atomic E-state index is 11.3.